The summed E-state index contributed by atoms with van der Waals surface area (Å²) in [7, 11) is 4.31. The summed E-state index contributed by atoms with van der Waals surface area (Å²) in [5.41, 5.74) is 2.83. The molecule has 0 aromatic rings. The van der Waals surface area contributed by atoms with Gasteiger partial charge in [-0.25, -0.2) is 0 Å². The fourth-order valence-corrected chi connectivity index (χ4v) is 13.4. The monoisotopic (exact) mass is 852 g/mol. The van der Waals surface area contributed by atoms with Crippen molar-refractivity contribution < 1.29 is 14.2 Å². The summed E-state index contributed by atoms with van der Waals surface area (Å²) in [4.78, 5) is 2.27. The summed E-state index contributed by atoms with van der Waals surface area (Å²) in [5, 5.41) is 0. The highest BCUT2D eigenvalue weighted by molar-refractivity contribution is 5.25. The van der Waals surface area contributed by atoms with E-state index in [1.165, 1.54) is 186 Å². The van der Waals surface area contributed by atoms with Crippen LogP contribution >= 0.6 is 0 Å². The molecule has 0 aromatic carbocycles. The van der Waals surface area contributed by atoms with E-state index in [1.54, 1.807) is 5.57 Å². The lowest BCUT2D eigenvalue weighted by atomic mass is 9.46. The van der Waals surface area contributed by atoms with E-state index in [4.69, 9.17) is 14.2 Å². The fraction of sp³-hybridized carbons (Fsp3) is 0.930. The molecular weight excluding hydrogens is 747 g/mol. The molecule has 3 saturated carbocycles. The molecule has 4 nitrogen and oxygen atoms in total. The SMILES string of the molecule is CCCCCCCCC=CCCCCCCCCOCC(COCCCCCCOC1CCC2(C)C(=CCC3C2CCC2(CC)C(C(C)CCCC(C)C)CCC32)C1)N(C)C. The van der Waals surface area contributed by atoms with Crippen LogP contribution in [0.15, 0.2) is 23.8 Å². The van der Waals surface area contributed by atoms with Gasteiger partial charge in [0.15, 0.2) is 0 Å². The lowest BCUT2D eigenvalue weighted by Gasteiger charge is -2.59. The van der Waals surface area contributed by atoms with E-state index in [2.05, 4.69) is 78.8 Å². The Hall–Kier alpha value is -0.680. The van der Waals surface area contributed by atoms with Gasteiger partial charge in [-0.3, -0.25) is 0 Å². The van der Waals surface area contributed by atoms with Crippen molar-refractivity contribution in [1.29, 1.82) is 0 Å². The third kappa shape index (κ3) is 17.2. The van der Waals surface area contributed by atoms with Gasteiger partial charge in [-0.2, -0.15) is 0 Å². The molecule has 0 bridgehead atoms. The first-order valence-corrected chi connectivity index (χ1v) is 27.4. The maximum Gasteiger partial charge on any atom is 0.0644 e. The van der Waals surface area contributed by atoms with E-state index < -0.39 is 0 Å². The Morgan fingerprint density at radius 2 is 1.28 bits per heavy atom. The molecule has 0 spiro atoms. The number of rotatable bonds is 35. The van der Waals surface area contributed by atoms with Gasteiger partial charge in [0.2, 0.25) is 0 Å². The van der Waals surface area contributed by atoms with Crippen molar-refractivity contribution in [2.45, 2.75) is 246 Å². The number of unbranched alkanes of at least 4 members (excludes halogenated alkanes) is 15. The molecule has 61 heavy (non-hydrogen) atoms. The Labute approximate surface area is 381 Å². The largest absolute Gasteiger partial charge is 0.380 e. The maximum atomic E-state index is 6.61. The highest BCUT2D eigenvalue weighted by Gasteiger charge is 2.60. The lowest BCUT2D eigenvalue weighted by molar-refractivity contribution is -0.0735. The lowest BCUT2D eigenvalue weighted by Crippen LogP contribution is -2.51. The minimum Gasteiger partial charge on any atom is -0.380 e. The highest BCUT2D eigenvalue weighted by Crippen LogP contribution is 2.68. The summed E-state index contributed by atoms with van der Waals surface area (Å²) in [6, 6.07) is 0.334. The zero-order valence-electron chi connectivity index (χ0n) is 42.3. The topological polar surface area (TPSA) is 30.9 Å². The summed E-state index contributed by atoms with van der Waals surface area (Å²) in [6.07, 6.45) is 48.6. The molecule has 0 aliphatic heterocycles. The van der Waals surface area contributed by atoms with E-state index in [0.717, 1.165) is 75.0 Å². The van der Waals surface area contributed by atoms with Crippen molar-refractivity contribution in [2.75, 3.05) is 47.1 Å². The summed E-state index contributed by atoms with van der Waals surface area (Å²) >= 11 is 0. The van der Waals surface area contributed by atoms with Gasteiger partial charge in [0.1, 0.15) is 0 Å². The minimum atomic E-state index is 0.334. The van der Waals surface area contributed by atoms with Crippen LogP contribution in [0.1, 0.15) is 234 Å². The Bertz CT molecular complexity index is 1180. The van der Waals surface area contributed by atoms with Crippen molar-refractivity contribution in [2.24, 2.45) is 46.3 Å². The molecule has 0 saturated heterocycles. The van der Waals surface area contributed by atoms with Crippen molar-refractivity contribution >= 4 is 0 Å². The van der Waals surface area contributed by atoms with Gasteiger partial charge in [-0.15, -0.1) is 0 Å². The second-order valence-corrected chi connectivity index (χ2v) is 22.2. The van der Waals surface area contributed by atoms with E-state index in [9.17, 15) is 0 Å². The fourth-order valence-electron chi connectivity index (χ4n) is 13.4. The quantitative estimate of drug-likeness (QED) is 0.0469. The summed E-state index contributed by atoms with van der Waals surface area (Å²) in [5.74, 6) is 5.51. The van der Waals surface area contributed by atoms with Crippen molar-refractivity contribution in [3.63, 3.8) is 0 Å². The van der Waals surface area contributed by atoms with E-state index in [0.29, 0.717) is 23.0 Å². The molecule has 356 valence electrons. The first kappa shape index (κ1) is 52.9. The van der Waals surface area contributed by atoms with Gasteiger partial charge in [-0.05, 0) is 163 Å². The molecular formula is C57H105NO3. The van der Waals surface area contributed by atoms with Crippen LogP contribution in [-0.2, 0) is 14.2 Å². The van der Waals surface area contributed by atoms with Crippen LogP contribution in [0.3, 0.4) is 0 Å². The Morgan fingerprint density at radius 1 is 0.672 bits per heavy atom. The molecule has 4 heteroatoms. The van der Waals surface area contributed by atoms with Crippen LogP contribution in [0, 0.1) is 46.3 Å². The number of hydrogen-bond acceptors (Lipinski definition) is 4. The van der Waals surface area contributed by atoms with Crippen LogP contribution in [0.25, 0.3) is 0 Å². The molecule has 4 aliphatic rings. The van der Waals surface area contributed by atoms with Crippen LogP contribution in [0.5, 0.6) is 0 Å². The molecule has 0 radical (unpaired) electrons. The highest BCUT2D eigenvalue weighted by atomic mass is 16.5. The van der Waals surface area contributed by atoms with E-state index in [-0.39, 0.29) is 0 Å². The number of allylic oxidation sites excluding steroid dienone is 3. The third-order valence-corrected chi connectivity index (χ3v) is 17.3. The predicted octanol–water partition coefficient (Wildman–Crippen LogP) is 16.4. The maximum absolute atomic E-state index is 6.61. The van der Waals surface area contributed by atoms with Crippen LogP contribution in [0.2, 0.25) is 0 Å². The first-order valence-electron chi connectivity index (χ1n) is 27.4. The zero-order valence-corrected chi connectivity index (χ0v) is 42.3. The van der Waals surface area contributed by atoms with E-state index >= 15 is 0 Å². The normalized spacial score (nSPS) is 28.6. The summed E-state index contributed by atoms with van der Waals surface area (Å²) < 4.78 is 18.9. The van der Waals surface area contributed by atoms with Gasteiger partial charge in [0.25, 0.3) is 0 Å². The van der Waals surface area contributed by atoms with E-state index in [1.807, 2.05) is 0 Å². The van der Waals surface area contributed by atoms with Gasteiger partial charge in [0, 0.05) is 19.8 Å². The zero-order chi connectivity index (χ0) is 43.8. The van der Waals surface area contributed by atoms with Crippen LogP contribution in [0.4, 0.5) is 0 Å². The molecule has 3 fully saturated rings. The van der Waals surface area contributed by atoms with Crippen molar-refractivity contribution in [1.82, 2.24) is 4.90 Å². The molecule has 4 rings (SSSR count). The number of ether oxygens (including phenoxy) is 3. The van der Waals surface area contributed by atoms with Gasteiger partial charge in [0.05, 0.1) is 25.4 Å². The van der Waals surface area contributed by atoms with Gasteiger partial charge in [-0.1, -0.05) is 155 Å². The number of likely N-dealkylation sites (N-methyl/N-ethyl adjacent to an activating group) is 1. The average molecular weight is 852 g/mol. The molecule has 0 aromatic heterocycles. The Balaban J connectivity index is 0.990. The third-order valence-electron chi connectivity index (χ3n) is 17.3. The molecule has 0 amide bonds. The number of nitrogens with zero attached hydrogens (tertiary/aromatic N) is 1. The minimum absolute atomic E-state index is 0.334. The molecule has 9 atom stereocenters. The van der Waals surface area contributed by atoms with Crippen LogP contribution < -0.4 is 0 Å². The average Bonchev–Trinajstić information content (AvgIpc) is 3.65. The molecule has 4 aliphatic carbocycles. The molecule has 0 N–H and O–H groups in total. The second kappa shape index (κ2) is 29.8. The molecule has 9 unspecified atom stereocenters. The smallest absolute Gasteiger partial charge is 0.0644 e. The van der Waals surface area contributed by atoms with Crippen molar-refractivity contribution in [3.8, 4) is 0 Å². The molecule has 0 heterocycles. The summed E-state index contributed by atoms with van der Waals surface area (Å²) in [6.45, 7) is 19.2. The van der Waals surface area contributed by atoms with Gasteiger partial charge >= 0.3 is 0 Å². The standard InChI is InChI=1S/C57H105NO3/c1-9-11-12-13-14-15-16-17-18-19-20-21-22-23-24-27-41-59-45-50(58(7)8)46-60-42-28-25-26-29-43-61-51-37-39-56(6)49(44-51)33-34-52-54(56)38-40-57(10-2)53(35-36-55(52)57)48(5)32-30-31-47(3)4/h17-18,33,47-48,50-55H,9-16,19-32,34-46H2,1-8H3. The second-order valence-electron chi connectivity index (χ2n) is 22.2. The van der Waals surface area contributed by atoms with Crippen molar-refractivity contribution in [3.05, 3.63) is 23.8 Å². The Morgan fingerprint density at radius 3 is 1.89 bits per heavy atom. The number of fused-ring (bicyclic) bond motifs is 5. The predicted molar refractivity (Wildman–Crippen MR) is 264 cm³/mol. The van der Waals surface area contributed by atoms with Crippen LogP contribution in [-0.4, -0.2) is 64.2 Å². The van der Waals surface area contributed by atoms with Gasteiger partial charge < -0.3 is 19.1 Å². The first-order chi connectivity index (χ1) is 29.7. The number of hydrogen-bond donors (Lipinski definition) is 0. The Kier molecular flexibility index (Phi) is 25.8.